The SMILES string of the molecule is Cc1ccc(S(=O)(=O)OCCOc2ccc3sc(/C=C/c4cnc(N(C)C)nc4)nc3c2)cc1. The number of ether oxygens (including phenoxy) is 1. The summed E-state index contributed by atoms with van der Waals surface area (Å²) in [5, 5.41) is 0.844. The molecule has 176 valence electrons. The molecule has 0 spiro atoms. The normalized spacial score (nSPS) is 11.9. The Labute approximate surface area is 202 Å². The summed E-state index contributed by atoms with van der Waals surface area (Å²) < 4.78 is 36.2. The van der Waals surface area contributed by atoms with Crippen LogP contribution in [0.3, 0.4) is 0 Å². The van der Waals surface area contributed by atoms with Crippen molar-refractivity contribution in [3.05, 3.63) is 71.0 Å². The Morgan fingerprint density at radius 1 is 1.00 bits per heavy atom. The van der Waals surface area contributed by atoms with E-state index < -0.39 is 10.1 Å². The van der Waals surface area contributed by atoms with Gasteiger partial charge < -0.3 is 9.64 Å². The van der Waals surface area contributed by atoms with Gasteiger partial charge in [-0.1, -0.05) is 17.7 Å². The molecule has 8 nitrogen and oxygen atoms in total. The molecule has 0 unspecified atom stereocenters. The largest absolute Gasteiger partial charge is 0.491 e. The van der Waals surface area contributed by atoms with E-state index in [1.54, 1.807) is 35.9 Å². The minimum absolute atomic E-state index is 0.0893. The molecule has 0 aliphatic carbocycles. The fraction of sp³-hybridized carbons (Fsp3) is 0.208. The van der Waals surface area contributed by atoms with Gasteiger partial charge in [0, 0.05) is 38.1 Å². The first-order valence-corrected chi connectivity index (χ1v) is 12.7. The number of aryl methyl sites for hydroxylation is 1. The van der Waals surface area contributed by atoms with Crippen LogP contribution in [-0.4, -0.2) is 50.7 Å². The van der Waals surface area contributed by atoms with Gasteiger partial charge in [0.25, 0.3) is 10.1 Å². The number of thiazole rings is 1. The Morgan fingerprint density at radius 2 is 1.74 bits per heavy atom. The molecule has 0 saturated heterocycles. The maximum absolute atomic E-state index is 12.2. The smallest absolute Gasteiger partial charge is 0.297 e. The van der Waals surface area contributed by atoms with Crippen LogP contribution in [0.2, 0.25) is 0 Å². The number of aromatic nitrogens is 3. The summed E-state index contributed by atoms with van der Waals surface area (Å²) in [6.07, 6.45) is 7.36. The Hall–Kier alpha value is -3.34. The molecule has 0 aliphatic heterocycles. The number of hydrogen-bond donors (Lipinski definition) is 0. The van der Waals surface area contributed by atoms with Crippen molar-refractivity contribution in [2.24, 2.45) is 0 Å². The van der Waals surface area contributed by atoms with Crippen molar-refractivity contribution in [1.82, 2.24) is 15.0 Å². The zero-order chi connectivity index (χ0) is 24.1. The second kappa shape index (κ2) is 10.3. The number of rotatable bonds is 9. The maximum atomic E-state index is 12.2. The highest BCUT2D eigenvalue weighted by Crippen LogP contribution is 2.27. The Morgan fingerprint density at radius 3 is 2.44 bits per heavy atom. The summed E-state index contributed by atoms with van der Waals surface area (Å²) >= 11 is 1.56. The lowest BCUT2D eigenvalue weighted by Crippen LogP contribution is -2.13. The fourth-order valence-electron chi connectivity index (χ4n) is 2.98. The van der Waals surface area contributed by atoms with Crippen LogP contribution in [0, 0.1) is 6.92 Å². The van der Waals surface area contributed by atoms with Crippen LogP contribution < -0.4 is 9.64 Å². The Kier molecular flexibility index (Phi) is 7.20. The first-order chi connectivity index (χ1) is 16.3. The number of nitrogens with zero attached hydrogens (tertiary/aromatic N) is 4. The number of benzene rings is 2. The first-order valence-electron chi connectivity index (χ1n) is 10.5. The van der Waals surface area contributed by atoms with E-state index in [0.29, 0.717) is 11.7 Å². The highest BCUT2D eigenvalue weighted by Gasteiger charge is 2.14. The van der Waals surface area contributed by atoms with Crippen LogP contribution in [0.15, 0.2) is 59.8 Å². The third kappa shape index (κ3) is 5.96. The van der Waals surface area contributed by atoms with E-state index in [-0.39, 0.29) is 18.1 Å². The monoisotopic (exact) mass is 496 g/mol. The van der Waals surface area contributed by atoms with E-state index in [0.717, 1.165) is 26.4 Å². The van der Waals surface area contributed by atoms with Crippen LogP contribution in [0.1, 0.15) is 16.1 Å². The van der Waals surface area contributed by atoms with Gasteiger partial charge in [-0.2, -0.15) is 8.42 Å². The number of fused-ring (bicyclic) bond motifs is 1. The molecule has 0 amide bonds. The third-order valence-corrected chi connectivity index (χ3v) is 7.08. The summed E-state index contributed by atoms with van der Waals surface area (Å²) in [7, 11) is -0.0221. The fourth-order valence-corrected chi connectivity index (χ4v) is 4.72. The minimum atomic E-state index is -3.81. The summed E-state index contributed by atoms with van der Waals surface area (Å²) in [6, 6.07) is 12.1. The van der Waals surface area contributed by atoms with Crippen LogP contribution in [-0.2, 0) is 14.3 Å². The second-order valence-corrected chi connectivity index (χ2v) is 10.3. The van der Waals surface area contributed by atoms with Gasteiger partial charge in [0.2, 0.25) is 5.95 Å². The van der Waals surface area contributed by atoms with E-state index >= 15 is 0 Å². The molecule has 2 heterocycles. The van der Waals surface area contributed by atoms with Gasteiger partial charge in [-0.05, 0) is 43.3 Å². The molecule has 0 aliphatic rings. The molecular formula is C24H24N4O4S2. The van der Waals surface area contributed by atoms with Gasteiger partial charge in [-0.15, -0.1) is 11.3 Å². The second-order valence-electron chi connectivity index (χ2n) is 7.66. The molecule has 0 fully saturated rings. The third-order valence-electron chi connectivity index (χ3n) is 4.75. The van der Waals surface area contributed by atoms with Crippen LogP contribution in [0.4, 0.5) is 5.95 Å². The van der Waals surface area contributed by atoms with E-state index in [2.05, 4.69) is 15.0 Å². The first kappa shape index (κ1) is 23.8. The average Bonchev–Trinajstić information content (AvgIpc) is 3.23. The van der Waals surface area contributed by atoms with Gasteiger partial charge in [0.05, 0.1) is 15.1 Å². The molecule has 0 saturated carbocycles. The van der Waals surface area contributed by atoms with Crippen LogP contribution in [0.25, 0.3) is 22.4 Å². The lowest BCUT2D eigenvalue weighted by Gasteiger charge is -2.08. The van der Waals surface area contributed by atoms with Gasteiger partial charge >= 0.3 is 0 Å². The Balaban J connectivity index is 1.34. The summed E-state index contributed by atoms with van der Waals surface area (Å²) in [4.78, 5) is 15.2. The van der Waals surface area contributed by atoms with Crippen molar-refractivity contribution in [2.45, 2.75) is 11.8 Å². The van der Waals surface area contributed by atoms with Crippen molar-refractivity contribution in [1.29, 1.82) is 0 Å². The van der Waals surface area contributed by atoms with Crippen molar-refractivity contribution in [2.75, 3.05) is 32.2 Å². The topological polar surface area (TPSA) is 94.5 Å². The molecule has 34 heavy (non-hydrogen) atoms. The molecule has 0 N–H and O–H groups in total. The average molecular weight is 497 g/mol. The molecule has 0 radical (unpaired) electrons. The van der Waals surface area contributed by atoms with Gasteiger partial charge in [-0.3, -0.25) is 4.18 Å². The summed E-state index contributed by atoms with van der Waals surface area (Å²) in [6.45, 7) is 1.90. The summed E-state index contributed by atoms with van der Waals surface area (Å²) in [5.41, 5.74) is 2.66. The lowest BCUT2D eigenvalue weighted by molar-refractivity contribution is 0.221. The predicted molar refractivity (Wildman–Crippen MR) is 135 cm³/mol. The van der Waals surface area contributed by atoms with Gasteiger partial charge in [-0.25, -0.2) is 15.0 Å². The quantitative estimate of drug-likeness (QED) is 0.248. The minimum Gasteiger partial charge on any atom is -0.491 e. The van der Waals surface area contributed by atoms with Crippen LogP contribution in [0.5, 0.6) is 5.75 Å². The van der Waals surface area contributed by atoms with Gasteiger partial charge in [0.15, 0.2) is 0 Å². The standard InChI is InChI=1S/C24H24N4O4S2/c1-17-4-8-20(9-5-17)34(29,30)32-13-12-31-19-7-10-22-21(14-19)27-23(33-22)11-6-18-15-25-24(26-16-18)28(2)3/h4-11,14-16H,12-13H2,1-3H3/b11-6+. The molecule has 10 heteroatoms. The molecule has 4 aromatic rings. The molecular weight excluding hydrogens is 472 g/mol. The Bertz CT molecular complexity index is 1400. The zero-order valence-electron chi connectivity index (χ0n) is 19.0. The summed E-state index contributed by atoms with van der Waals surface area (Å²) in [5.74, 6) is 1.25. The highest BCUT2D eigenvalue weighted by molar-refractivity contribution is 7.86. The van der Waals surface area contributed by atoms with E-state index in [9.17, 15) is 8.42 Å². The van der Waals surface area contributed by atoms with Crippen molar-refractivity contribution >= 4 is 49.8 Å². The predicted octanol–water partition coefficient (Wildman–Crippen LogP) is 4.42. The lowest BCUT2D eigenvalue weighted by atomic mass is 10.2. The van der Waals surface area contributed by atoms with E-state index in [1.165, 1.54) is 12.1 Å². The molecule has 4 rings (SSSR count). The molecule has 0 atom stereocenters. The molecule has 0 bridgehead atoms. The van der Waals surface area contributed by atoms with Crippen LogP contribution >= 0.6 is 11.3 Å². The molecule has 2 aromatic carbocycles. The van der Waals surface area contributed by atoms with Crippen molar-refractivity contribution in [3.63, 3.8) is 0 Å². The maximum Gasteiger partial charge on any atom is 0.297 e. The van der Waals surface area contributed by atoms with E-state index in [4.69, 9.17) is 8.92 Å². The van der Waals surface area contributed by atoms with Crippen molar-refractivity contribution in [3.8, 4) is 5.75 Å². The van der Waals surface area contributed by atoms with E-state index in [1.807, 2.05) is 56.3 Å². The number of hydrogen-bond acceptors (Lipinski definition) is 9. The number of anilines is 1. The van der Waals surface area contributed by atoms with Crippen molar-refractivity contribution < 1.29 is 17.3 Å². The zero-order valence-corrected chi connectivity index (χ0v) is 20.6. The van der Waals surface area contributed by atoms with Gasteiger partial charge in [0.1, 0.15) is 24.0 Å². The molecule has 2 aromatic heterocycles. The highest BCUT2D eigenvalue weighted by atomic mass is 32.2.